The predicted octanol–water partition coefficient (Wildman–Crippen LogP) is 10.4. The average molecular weight is 1000 g/mol. The van der Waals surface area contributed by atoms with Crippen molar-refractivity contribution in [2.75, 3.05) is 13.7 Å². The third kappa shape index (κ3) is 14.9. The number of hydrogen-bond donors (Lipinski definition) is 0. The van der Waals surface area contributed by atoms with Crippen LogP contribution in [0.3, 0.4) is 0 Å². The summed E-state index contributed by atoms with van der Waals surface area (Å²) in [5.41, 5.74) is 6.45. The Balaban J connectivity index is 1.14. The maximum atomic E-state index is 14.3. The second-order valence-electron chi connectivity index (χ2n) is 18.2. The summed E-state index contributed by atoms with van der Waals surface area (Å²) in [6.45, 7) is 1.39. The second kappa shape index (κ2) is 27.8. The zero-order valence-corrected chi connectivity index (χ0v) is 41.5. The zero-order chi connectivity index (χ0) is 50.6. The number of methoxy groups -OCH3 is 1. The number of carbonyl (C=O) groups excluding carboxylic acids is 1. The minimum absolute atomic E-state index is 0.0905. The molecule has 0 N–H and O–H groups in total. The number of esters is 1. The van der Waals surface area contributed by atoms with Crippen LogP contribution in [0.25, 0.3) is 0 Å². The van der Waals surface area contributed by atoms with Crippen LogP contribution in [0, 0.1) is 0 Å². The molecule has 0 unspecified atom stereocenters. The molecule has 2 aliphatic rings. The zero-order valence-electron chi connectivity index (χ0n) is 41.5. The van der Waals surface area contributed by atoms with E-state index >= 15 is 0 Å². The molecule has 2 fully saturated rings. The van der Waals surface area contributed by atoms with Crippen LogP contribution >= 0.6 is 0 Å². The Bertz CT molecular complexity index is 2650. The smallest absolute Gasteiger partial charge is 0.337 e. The lowest BCUT2D eigenvalue weighted by atomic mass is 9.95. The van der Waals surface area contributed by atoms with Crippen LogP contribution < -0.4 is 0 Å². The van der Waals surface area contributed by atoms with E-state index in [1.54, 1.807) is 0 Å². The van der Waals surface area contributed by atoms with Crippen molar-refractivity contribution in [2.45, 2.75) is 108 Å². The van der Waals surface area contributed by atoms with Gasteiger partial charge in [-0.15, -0.1) is 0 Å². The molecule has 0 amide bonds. The maximum Gasteiger partial charge on any atom is 0.337 e. The van der Waals surface area contributed by atoms with E-state index in [1.165, 1.54) is 7.11 Å². The van der Waals surface area contributed by atoms with Gasteiger partial charge in [0.2, 0.25) is 0 Å². The van der Waals surface area contributed by atoms with E-state index < -0.39 is 67.4 Å². The lowest BCUT2D eigenvalue weighted by Gasteiger charge is -2.50. The van der Waals surface area contributed by atoms with Gasteiger partial charge in [-0.3, -0.25) is 0 Å². The monoisotopic (exact) mass is 1000 g/mol. The van der Waals surface area contributed by atoms with Crippen LogP contribution in [0.4, 0.5) is 0 Å². The summed E-state index contributed by atoms with van der Waals surface area (Å²) in [6, 6.07) is 68.9. The van der Waals surface area contributed by atoms with Crippen LogP contribution in [-0.4, -0.2) is 81.1 Å². The van der Waals surface area contributed by atoms with Crippen molar-refractivity contribution in [3.05, 3.63) is 251 Å². The van der Waals surface area contributed by atoms with E-state index in [1.807, 2.05) is 212 Å². The fourth-order valence-electron chi connectivity index (χ4n) is 9.06. The van der Waals surface area contributed by atoms with Gasteiger partial charge in [0.25, 0.3) is 0 Å². The van der Waals surface area contributed by atoms with Crippen molar-refractivity contribution >= 4 is 5.97 Å². The van der Waals surface area contributed by atoms with Crippen LogP contribution in [0.5, 0.6) is 0 Å². The third-order valence-electron chi connectivity index (χ3n) is 12.9. The lowest BCUT2D eigenvalue weighted by Crippen LogP contribution is -2.67. The van der Waals surface area contributed by atoms with E-state index in [0.717, 1.165) is 38.9 Å². The molecule has 0 saturated carbocycles. The van der Waals surface area contributed by atoms with Gasteiger partial charge in [0, 0.05) is 0 Å². The highest BCUT2D eigenvalue weighted by Gasteiger charge is 2.56. The number of benzene rings is 7. The van der Waals surface area contributed by atoms with Crippen molar-refractivity contribution < 1.29 is 56.9 Å². The highest BCUT2D eigenvalue weighted by atomic mass is 16.8. The topological polar surface area (TPSA) is 119 Å². The van der Waals surface area contributed by atoms with Crippen molar-refractivity contribution in [3.63, 3.8) is 0 Å². The number of carbonyl (C=O) groups is 1. The Kier molecular flexibility index (Phi) is 19.7. The fraction of sp³-hybridized carbons (Fsp3) is 0.306. The Labute approximate surface area is 433 Å². The normalized spacial score (nSPS) is 23.7. The molecule has 7 aromatic carbocycles. The molecular formula is C62H64O12. The summed E-state index contributed by atoms with van der Waals surface area (Å²) in [5.74, 6) is -0.677. The molecule has 0 bridgehead atoms. The Morgan fingerprint density at radius 1 is 0.351 bits per heavy atom. The van der Waals surface area contributed by atoms with Gasteiger partial charge in [-0.25, -0.2) is 4.79 Å². The molecule has 384 valence electrons. The highest BCUT2D eigenvalue weighted by Crippen LogP contribution is 2.37. The fourth-order valence-corrected chi connectivity index (χ4v) is 9.06. The minimum atomic E-state index is -1.34. The number of ether oxygens (including phenoxy) is 11. The molecule has 2 saturated heterocycles. The third-order valence-corrected chi connectivity index (χ3v) is 12.9. The van der Waals surface area contributed by atoms with Gasteiger partial charge < -0.3 is 52.1 Å². The Hall–Kier alpha value is -6.39. The van der Waals surface area contributed by atoms with Gasteiger partial charge in [0.1, 0.15) is 42.7 Å². The van der Waals surface area contributed by atoms with Crippen molar-refractivity contribution in [3.8, 4) is 0 Å². The van der Waals surface area contributed by atoms with Crippen LogP contribution in [-0.2, 0) is 103 Å². The van der Waals surface area contributed by atoms with Gasteiger partial charge in [0.05, 0.1) is 60.0 Å². The number of hydrogen-bond acceptors (Lipinski definition) is 12. The van der Waals surface area contributed by atoms with E-state index in [0.29, 0.717) is 6.61 Å². The van der Waals surface area contributed by atoms with E-state index in [-0.39, 0.29) is 46.2 Å². The minimum Gasteiger partial charge on any atom is -0.467 e. The molecule has 12 nitrogen and oxygen atoms in total. The van der Waals surface area contributed by atoms with Gasteiger partial charge in [-0.05, 0) is 38.9 Å². The van der Waals surface area contributed by atoms with E-state index in [2.05, 4.69) is 0 Å². The summed E-state index contributed by atoms with van der Waals surface area (Å²) in [6.07, 6.45) is -10.4. The lowest BCUT2D eigenvalue weighted by molar-refractivity contribution is -0.376. The first-order chi connectivity index (χ1) is 36.6. The summed E-state index contributed by atoms with van der Waals surface area (Å²) >= 11 is 0. The molecule has 7 aromatic rings. The van der Waals surface area contributed by atoms with Gasteiger partial charge in [0.15, 0.2) is 18.7 Å². The predicted molar refractivity (Wildman–Crippen MR) is 277 cm³/mol. The Morgan fingerprint density at radius 3 is 1.07 bits per heavy atom. The molecule has 2 aliphatic heterocycles. The van der Waals surface area contributed by atoms with Gasteiger partial charge in [-0.1, -0.05) is 212 Å². The van der Waals surface area contributed by atoms with Crippen molar-refractivity contribution in [2.24, 2.45) is 0 Å². The summed E-state index contributed by atoms with van der Waals surface area (Å²) < 4.78 is 74.9. The van der Waals surface area contributed by atoms with E-state index in [4.69, 9.17) is 52.1 Å². The Morgan fingerprint density at radius 2 is 0.676 bits per heavy atom. The molecular weight excluding hydrogens is 937 g/mol. The van der Waals surface area contributed by atoms with Crippen LogP contribution in [0.1, 0.15) is 38.9 Å². The van der Waals surface area contributed by atoms with Crippen LogP contribution in [0.2, 0.25) is 0 Å². The first-order valence-corrected chi connectivity index (χ1v) is 25.2. The van der Waals surface area contributed by atoms with Crippen molar-refractivity contribution in [1.82, 2.24) is 0 Å². The summed E-state index contributed by atoms with van der Waals surface area (Å²) in [5, 5.41) is 0. The first kappa shape index (κ1) is 52.5. The molecule has 0 radical (unpaired) electrons. The molecule has 10 atom stereocenters. The maximum absolute atomic E-state index is 14.3. The quantitative estimate of drug-likeness (QED) is 0.0507. The summed E-state index contributed by atoms with van der Waals surface area (Å²) in [4.78, 5) is 14.3. The number of rotatable bonds is 25. The molecule has 12 heteroatoms. The molecule has 74 heavy (non-hydrogen) atoms. The van der Waals surface area contributed by atoms with E-state index in [9.17, 15) is 4.79 Å². The standard InChI is InChI=1S/C62H64O12/c1-64-60(63)57-54(67-39-47-27-13-4-14-28-47)55(68-40-48-29-15-5-16-30-48)58(69-41-49-31-17-6-18-32-49)62(74-57)73-56-53(66-38-46-25-11-3-12-26-46)52(44-65-37-45-23-9-2-10-24-45)72-61(71-43-51-35-21-8-22-36-51)59(56)70-42-50-33-19-7-20-34-50/h2-36,52-59,61-62H,37-44H2,1H3/t52-,53-,54+,55+,56+,57+,58-,59-,61-,62+/m1/s1. The largest absolute Gasteiger partial charge is 0.467 e. The molecule has 0 aliphatic carbocycles. The molecule has 2 heterocycles. The van der Waals surface area contributed by atoms with Crippen molar-refractivity contribution in [1.29, 1.82) is 0 Å². The van der Waals surface area contributed by atoms with Crippen LogP contribution in [0.15, 0.2) is 212 Å². The van der Waals surface area contributed by atoms with Gasteiger partial charge >= 0.3 is 5.97 Å². The highest BCUT2D eigenvalue weighted by molar-refractivity contribution is 5.75. The SMILES string of the molecule is COC(=O)[C@H]1O[C@H](O[C@@H]2[C@@H](OCc3ccccc3)[C@H](OCc3ccccc3)O[C@H](COCc3ccccc3)[C@H]2OCc2ccccc2)[C@H](OCc2ccccc2)[C@@H](OCc2ccccc2)[C@@H]1OCc1ccccc1. The molecule has 0 aromatic heterocycles. The second-order valence-corrected chi connectivity index (χ2v) is 18.2. The van der Waals surface area contributed by atoms with Gasteiger partial charge in [-0.2, -0.15) is 0 Å². The average Bonchev–Trinajstić information content (AvgIpc) is 3.46. The summed E-state index contributed by atoms with van der Waals surface area (Å²) in [7, 11) is 1.32. The molecule has 9 rings (SSSR count). The first-order valence-electron chi connectivity index (χ1n) is 25.2. The molecule has 0 spiro atoms.